The standard InChI is InChI=1S/C15H18Cl2N2O4S/c1-9(2)6-18-15(22)19-13(20)7-23-14(21)8-24-12-5-10(16)3-4-11(12)17/h3-5,9H,6-8H2,1-2H3,(H2,18,19,20,22). The highest BCUT2D eigenvalue weighted by molar-refractivity contribution is 8.00. The fourth-order valence-electron chi connectivity index (χ4n) is 1.42. The maximum Gasteiger partial charge on any atom is 0.321 e. The number of esters is 1. The number of urea groups is 1. The maximum atomic E-state index is 11.6. The van der Waals surface area contributed by atoms with E-state index in [-0.39, 0.29) is 11.7 Å². The molecule has 3 amide bonds. The fraction of sp³-hybridized carbons (Fsp3) is 0.400. The van der Waals surface area contributed by atoms with E-state index in [9.17, 15) is 14.4 Å². The van der Waals surface area contributed by atoms with E-state index >= 15 is 0 Å². The zero-order valence-corrected chi connectivity index (χ0v) is 15.6. The van der Waals surface area contributed by atoms with Gasteiger partial charge in [-0.25, -0.2) is 4.79 Å². The Morgan fingerprint density at radius 3 is 2.62 bits per heavy atom. The number of hydrogen-bond donors (Lipinski definition) is 2. The predicted octanol–water partition coefficient (Wildman–Crippen LogP) is 3.11. The summed E-state index contributed by atoms with van der Waals surface area (Å²) in [6, 6.07) is 4.28. The van der Waals surface area contributed by atoms with Gasteiger partial charge in [-0.05, 0) is 24.1 Å². The third kappa shape index (κ3) is 8.42. The second kappa shape index (κ2) is 10.4. The third-order valence-corrected chi connectivity index (χ3v) is 4.23. The van der Waals surface area contributed by atoms with E-state index in [1.165, 1.54) is 0 Å². The minimum Gasteiger partial charge on any atom is -0.455 e. The first-order valence-electron chi connectivity index (χ1n) is 7.09. The molecule has 0 bridgehead atoms. The Kier molecular flexibility index (Phi) is 8.95. The van der Waals surface area contributed by atoms with Crippen LogP contribution in [-0.2, 0) is 14.3 Å². The molecule has 0 saturated heterocycles. The Bertz CT molecular complexity index is 611. The summed E-state index contributed by atoms with van der Waals surface area (Å²) in [5.74, 6) is -1.07. The molecule has 1 rings (SSSR count). The van der Waals surface area contributed by atoms with Crippen molar-refractivity contribution in [2.45, 2.75) is 18.7 Å². The summed E-state index contributed by atoms with van der Waals surface area (Å²) in [6.07, 6.45) is 0. The molecule has 0 fully saturated rings. The lowest BCUT2D eigenvalue weighted by atomic mass is 10.2. The first-order chi connectivity index (χ1) is 11.3. The molecular weight excluding hydrogens is 375 g/mol. The van der Waals surface area contributed by atoms with E-state index < -0.39 is 24.5 Å². The number of nitrogens with one attached hydrogen (secondary N) is 2. The number of imide groups is 1. The Morgan fingerprint density at radius 2 is 1.96 bits per heavy atom. The van der Waals surface area contributed by atoms with Gasteiger partial charge in [-0.3, -0.25) is 14.9 Å². The Balaban J connectivity index is 2.29. The largest absolute Gasteiger partial charge is 0.455 e. The van der Waals surface area contributed by atoms with Gasteiger partial charge in [0.1, 0.15) is 0 Å². The highest BCUT2D eigenvalue weighted by Gasteiger charge is 2.12. The highest BCUT2D eigenvalue weighted by atomic mass is 35.5. The van der Waals surface area contributed by atoms with Gasteiger partial charge in [-0.15, -0.1) is 11.8 Å². The van der Waals surface area contributed by atoms with E-state index in [0.717, 1.165) is 11.8 Å². The van der Waals surface area contributed by atoms with Crippen molar-refractivity contribution < 1.29 is 19.1 Å². The van der Waals surface area contributed by atoms with E-state index in [1.807, 2.05) is 13.8 Å². The lowest BCUT2D eigenvalue weighted by molar-refractivity contribution is -0.145. The van der Waals surface area contributed by atoms with Gasteiger partial charge in [0.05, 0.1) is 10.8 Å². The molecule has 0 unspecified atom stereocenters. The number of benzene rings is 1. The summed E-state index contributed by atoms with van der Waals surface area (Å²) in [5.41, 5.74) is 0. The van der Waals surface area contributed by atoms with E-state index in [1.54, 1.807) is 18.2 Å². The van der Waals surface area contributed by atoms with Gasteiger partial charge in [-0.2, -0.15) is 0 Å². The van der Waals surface area contributed by atoms with Crippen molar-refractivity contribution in [1.29, 1.82) is 0 Å². The summed E-state index contributed by atoms with van der Waals surface area (Å²) in [6.45, 7) is 3.76. The van der Waals surface area contributed by atoms with Crippen LogP contribution in [0.4, 0.5) is 4.79 Å². The van der Waals surface area contributed by atoms with Gasteiger partial charge in [0.2, 0.25) is 0 Å². The number of rotatable bonds is 7. The second-order valence-electron chi connectivity index (χ2n) is 5.18. The minimum absolute atomic E-state index is 0.0348. The van der Waals surface area contributed by atoms with Crippen LogP contribution in [0.15, 0.2) is 23.1 Å². The van der Waals surface area contributed by atoms with Crippen molar-refractivity contribution in [2.75, 3.05) is 18.9 Å². The average molecular weight is 393 g/mol. The lowest BCUT2D eigenvalue weighted by Crippen LogP contribution is -2.42. The molecule has 0 aliphatic heterocycles. The number of halogens is 2. The molecule has 24 heavy (non-hydrogen) atoms. The molecule has 132 valence electrons. The number of hydrogen-bond acceptors (Lipinski definition) is 5. The van der Waals surface area contributed by atoms with Crippen LogP contribution >= 0.6 is 35.0 Å². The molecule has 0 spiro atoms. The summed E-state index contributed by atoms with van der Waals surface area (Å²) >= 11 is 13.0. The second-order valence-corrected chi connectivity index (χ2v) is 7.04. The molecule has 1 aromatic carbocycles. The van der Waals surface area contributed by atoms with Crippen LogP contribution in [0.5, 0.6) is 0 Å². The Hall–Kier alpha value is -1.44. The maximum absolute atomic E-state index is 11.6. The van der Waals surface area contributed by atoms with Gasteiger partial charge in [-0.1, -0.05) is 37.0 Å². The van der Waals surface area contributed by atoms with Crippen molar-refractivity contribution >= 4 is 52.9 Å². The molecule has 1 aromatic rings. The number of amides is 3. The van der Waals surface area contributed by atoms with Crippen LogP contribution in [0.25, 0.3) is 0 Å². The van der Waals surface area contributed by atoms with Crippen molar-refractivity contribution in [3.05, 3.63) is 28.2 Å². The Morgan fingerprint density at radius 1 is 1.25 bits per heavy atom. The van der Waals surface area contributed by atoms with Crippen LogP contribution < -0.4 is 10.6 Å². The first-order valence-corrected chi connectivity index (χ1v) is 8.83. The summed E-state index contributed by atoms with van der Waals surface area (Å²) in [7, 11) is 0. The van der Waals surface area contributed by atoms with Gasteiger partial charge in [0.25, 0.3) is 5.91 Å². The number of carbonyl (C=O) groups is 3. The number of thioether (sulfide) groups is 1. The quantitative estimate of drug-likeness (QED) is 0.549. The molecule has 9 heteroatoms. The molecule has 0 aromatic heterocycles. The van der Waals surface area contributed by atoms with Gasteiger partial charge in [0, 0.05) is 16.5 Å². The predicted molar refractivity (Wildman–Crippen MR) is 94.5 cm³/mol. The molecule has 0 aliphatic rings. The summed E-state index contributed by atoms with van der Waals surface area (Å²) in [5, 5.41) is 5.56. The molecular formula is C15H18Cl2N2O4S. The molecule has 0 heterocycles. The molecule has 0 aliphatic carbocycles. The summed E-state index contributed by atoms with van der Waals surface area (Å²) < 4.78 is 4.79. The smallest absolute Gasteiger partial charge is 0.321 e. The topological polar surface area (TPSA) is 84.5 Å². The average Bonchev–Trinajstić information content (AvgIpc) is 2.51. The molecule has 6 nitrogen and oxygen atoms in total. The third-order valence-electron chi connectivity index (χ3n) is 2.53. The zero-order valence-electron chi connectivity index (χ0n) is 13.2. The summed E-state index contributed by atoms with van der Waals surface area (Å²) in [4.78, 5) is 35.1. The molecule has 0 radical (unpaired) electrons. The van der Waals surface area contributed by atoms with Crippen LogP contribution in [0.2, 0.25) is 10.0 Å². The van der Waals surface area contributed by atoms with E-state index in [2.05, 4.69) is 10.6 Å². The van der Waals surface area contributed by atoms with E-state index in [0.29, 0.717) is 21.5 Å². The van der Waals surface area contributed by atoms with Crippen molar-refractivity contribution in [3.8, 4) is 0 Å². The minimum atomic E-state index is -0.699. The Labute approximate surface area is 154 Å². The molecule has 0 atom stereocenters. The van der Waals surface area contributed by atoms with Gasteiger partial charge < -0.3 is 10.1 Å². The van der Waals surface area contributed by atoms with Crippen molar-refractivity contribution in [2.24, 2.45) is 5.92 Å². The SMILES string of the molecule is CC(C)CNC(=O)NC(=O)COC(=O)CSc1cc(Cl)ccc1Cl. The fourth-order valence-corrected chi connectivity index (χ4v) is 2.71. The molecule has 2 N–H and O–H groups in total. The van der Waals surface area contributed by atoms with Crippen molar-refractivity contribution in [3.63, 3.8) is 0 Å². The number of carbonyl (C=O) groups excluding carboxylic acids is 3. The van der Waals surface area contributed by atoms with Gasteiger partial charge in [0.15, 0.2) is 6.61 Å². The highest BCUT2D eigenvalue weighted by Crippen LogP contribution is 2.29. The normalized spacial score (nSPS) is 10.4. The van der Waals surface area contributed by atoms with Crippen LogP contribution in [0.3, 0.4) is 0 Å². The van der Waals surface area contributed by atoms with Crippen LogP contribution in [0.1, 0.15) is 13.8 Å². The monoisotopic (exact) mass is 392 g/mol. The first kappa shape index (κ1) is 20.6. The lowest BCUT2D eigenvalue weighted by Gasteiger charge is -2.09. The molecule has 0 saturated carbocycles. The van der Waals surface area contributed by atoms with Crippen molar-refractivity contribution in [1.82, 2.24) is 10.6 Å². The number of ether oxygens (including phenoxy) is 1. The zero-order chi connectivity index (χ0) is 18.1. The van der Waals surface area contributed by atoms with Crippen LogP contribution in [-0.4, -0.2) is 36.8 Å². The van der Waals surface area contributed by atoms with Crippen LogP contribution in [0, 0.1) is 5.92 Å². The van der Waals surface area contributed by atoms with Gasteiger partial charge >= 0.3 is 12.0 Å². The van der Waals surface area contributed by atoms with E-state index in [4.69, 9.17) is 27.9 Å².